The summed E-state index contributed by atoms with van der Waals surface area (Å²) in [5, 5.41) is -0.716. The van der Waals surface area contributed by atoms with Crippen molar-refractivity contribution in [2.24, 2.45) is 5.92 Å². The van der Waals surface area contributed by atoms with E-state index in [0.29, 0.717) is 18.4 Å². The van der Waals surface area contributed by atoms with E-state index in [9.17, 15) is 13.2 Å². The number of methoxy groups -OCH3 is 1. The Hall–Kier alpha value is -1.62. The van der Waals surface area contributed by atoms with Gasteiger partial charge in [0.1, 0.15) is 0 Å². The quantitative estimate of drug-likeness (QED) is 0.489. The maximum atomic E-state index is 12.8. The predicted octanol–water partition coefficient (Wildman–Crippen LogP) is 2.75. The summed E-state index contributed by atoms with van der Waals surface area (Å²) in [7, 11) is -2.20. The molecule has 0 aromatic heterocycles. The van der Waals surface area contributed by atoms with Crippen LogP contribution in [0.4, 0.5) is 0 Å². The number of esters is 1. The van der Waals surface area contributed by atoms with Crippen molar-refractivity contribution in [1.29, 1.82) is 0 Å². The van der Waals surface area contributed by atoms with Gasteiger partial charge in [0.2, 0.25) is 0 Å². The van der Waals surface area contributed by atoms with Crippen molar-refractivity contribution in [3.05, 3.63) is 42.5 Å². The Morgan fingerprint density at radius 2 is 1.81 bits per heavy atom. The number of benzene rings is 1. The van der Waals surface area contributed by atoms with Crippen LogP contribution in [0, 0.1) is 5.92 Å². The summed E-state index contributed by atoms with van der Waals surface area (Å²) in [5.41, 5.74) is 0.461. The first kappa shape index (κ1) is 15.8. The van der Waals surface area contributed by atoms with E-state index >= 15 is 0 Å². The SMILES string of the molecule is C=C1C(C(=O)OC)CCCCC1S(=O)(=O)c1ccccc1. The van der Waals surface area contributed by atoms with Crippen LogP contribution in [0.2, 0.25) is 0 Å². The molecule has 2 rings (SSSR count). The first-order chi connectivity index (χ1) is 9.98. The molecule has 1 fully saturated rings. The molecule has 0 heterocycles. The summed E-state index contributed by atoms with van der Waals surface area (Å²) in [6, 6.07) is 8.34. The molecule has 1 aliphatic rings. The van der Waals surface area contributed by atoms with Crippen molar-refractivity contribution in [2.45, 2.75) is 35.8 Å². The third-order valence-corrected chi connectivity index (χ3v) is 6.22. The Morgan fingerprint density at radius 3 is 2.43 bits per heavy atom. The summed E-state index contributed by atoms with van der Waals surface area (Å²) >= 11 is 0. The monoisotopic (exact) mass is 308 g/mol. The Labute approximate surface area is 125 Å². The molecule has 2 atom stereocenters. The van der Waals surface area contributed by atoms with Crippen LogP contribution < -0.4 is 0 Å². The number of hydrogen-bond donors (Lipinski definition) is 0. The van der Waals surface area contributed by atoms with Crippen LogP contribution in [0.3, 0.4) is 0 Å². The zero-order valence-electron chi connectivity index (χ0n) is 12.1. The van der Waals surface area contributed by atoms with Crippen LogP contribution in [0.25, 0.3) is 0 Å². The van der Waals surface area contributed by atoms with Crippen molar-refractivity contribution >= 4 is 15.8 Å². The van der Waals surface area contributed by atoms with Crippen molar-refractivity contribution in [2.75, 3.05) is 7.11 Å². The molecule has 1 aliphatic carbocycles. The topological polar surface area (TPSA) is 60.4 Å². The van der Waals surface area contributed by atoms with Gasteiger partial charge in [-0.15, -0.1) is 0 Å². The number of rotatable bonds is 3. The Kier molecular flexibility index (Phi) is 4.83. The molecule has 1 aromatic rings. The van der Waals surface area contributed by atoms with Gasteiger partial charge in [0.15, 0.2) is 9.84 Å². The summed E-state index contributed by atoms with van der Waals surface area (Å²) in [5.74, 6) is -0.920. The van der Waals surface area contributed by atoms with Gasteiger partial charge in [-0.25, -0.2) is 8.42 Å². The van der Waals surface area contributed by atoms with Gasteiger partial charge in [-0.1, -0.05) is 37.6 Å². The Morgan fingerprint density at radius 1 is 1.19 bits per heavy atom. The fourth-order valence-electron chi connectivity index (χ4n) is 2.81. The minimum atomic E-state index is -3.52. The molecule has 0 amide bonds. The maximum absolute atomic E-state index is 12.8. The molecule has 5 heteroatoms. The van der Waals surface area contributed by atoms with Gasteiger partial charge in [-0.05, 0) is 30.5 Å². The summed E-state index contributed by atoms with van der Waals surface area (Å²) in [4.78, 5) is 12.1. The molecule has 0 bridgehead atoms. The molecule has 0 saturated heterocycles. The lowest BCUT2D eigenvalue weighted by Crippen LogP contribution is -2.29. The molecule has 2 unspecified atom stereocenters. The van der Waals surface area contributed by atoms with Gasteiger partial charge < -0.3 is 4.74 Å². The third-order valence-electron chi connectivity index (χ3n) is 4.00. The molecule has 21 heavy (non-hydrogen) atoms. The molecule has 4 nitrogen and oxygen atoms in total. The minimum Gasteiger partial charge on any atom is -0.469 e. The van der Waals surface area contributed by atoms with Gasteiger partial charge in [-0.2, -0.15) is 0 Å². The van der Waals surface area contributed by atoms with Gasteiger partial charge in [0, 0.05) is 0 Å². The lowest BCUT2D eigenvalue weighted by atomic mass is 9.95. The van der Waals surface area contributed by atoms with Crippen molar-refractivity contribution in [1.82, 2.24) is 0 Å². The van der Waals surface area contributed by atoms with Gasteiger partial charge in [0.05, 0.1) is 23.2 Å². The van der Waals surface area contributed by atoms with E-state index in [0.717, 1.165) is 12.8 Å². The molecule has 1 saturated carbocycles. The van der Waals surface area contributed by atoms with E-state index in [1.165, 1.54) is 7.11 Å². The highest BCUT2D eigenvalue weighted by atomic mass is 32.2. The zero-order valence-corrected chi connectivity index (χ0v) is 12.9. The normalized spacial score (nSPS) is 23.4. The predicted molar refractivity (Wildman–Crippen MR) is 80.5 cm³/mol. The van der Waals surface area contributed by atoms with E-state index in [-0.39, 0.29) is 4.90 Å². The minimum absolute atomic E-state index is 0.279. The van der Waals surface area contributed by atoms with Crippen LogP contribution in [-0.4, -0.2) is 26.7 Å². The first-order valence-electron chi connectivity index (χ1n) is 7.04. The fraction of sp³-hybridized carbons (Fsp3) is 0.438. The van der Waals surface area contributed by atoms with Crippen molar-refractivity contribution in [3.63, 3.8) is 0 Å². The molecular weight excluding hydrogens is 288 g/mol. The Balaban J connectivity index is 2.37. The van der Waals surface area contributed by atoms with E-state index in [1.54, 1.807) is 30.3 Å². The number of ether oxygens (including phenoxy) is 1. The van der Waals surface area contributed by atoms with Crippen LogP contribution in [0.5, 0.6) is 0 Å². The lowest BCUT2D eigenvalue weighted by molar-refractivity contribution is -0.144. The third kappa shape index (κ3) is 3.18. The highest BCUT2D eigenvalue weighted by molar-refractivity contribution is 7.92. The number of hydrogen-bond acceptors (Lipinski definition) is 4. The van der Waals surface area contributed by atoms with E-state index in [2.05, 4.69) is 6.58 Å². The molecule has 0 N–H and O–H groups in total. The van der Waals surface area contributed by atoms with E-state index in [4.69, 9.17) is 4.74 Å². The van der Waals surface area contributed by atoms with Gasteiger partial charge >= 0.3 is 5.97 Å². The number of carbonyl (C=O) groups is 1. The second-order valence-electron chi connectivity index (χ2n) is 5.28. The van der Waals surface area contributed by atoms with Crippen molar-refractivity contribution in [3.8, 4) is 0 Å². The summed E-state index contributed by atoms with van der Waals surface area (Å²) in [6.45, 7) is 3.92. The number of carbonyl (C=O) groups excluding carboxylic acids is 1. The highest BCUT2D eigenvalue weighted by Crippen LogP contribution is 2.34. The summed E-state index contributed by atoms with van der Waals surface area (Å²) in [6.07, 6.45) is 2.68. The smallest absolute Gasteiger partial charge is 0.312 e. The maximum Gasteiger partial charge on any atom is 0.312 e. The largest absolute Gasteiger partial charge is 0.469 e. The zero-order chi connectivity index (χ0) is 15.5. The van der Waals surface area contributed by atoms with Gasteiger partial charge in [-0.3, -0.25) is 4.79 Å². The second-order valence-corrected chi connectivity index (χ2v) is 7.41. The van der Waals surface area contributed by atoms with Gasteiger partial charge in [0.25, 0.3) is 0 Å². The highest BCUT2D eigenvalue weighted by Gasteiger charge is 2.37. The lowest BCUT2D eigenvalue weighted by Gasteiger charge is -2.22. The standard InChI is InChI=1S/C16H20O4S/c1-12-14(16(17)20-2)10-6-7-11-15(12)21(18,19)13-8-4-3-5-9-13/h3-5,8-9,14-15H,1,6-7,10-11H2,2H3. The second kappa shape index (κ2) is 6.43. The average Bonchev–Trinajstić information content (AvgIpc) is 2.69. The molecular formula is C16H20O4S. The molecule has 114 valence electrons. The molecule has 0 aliphatic heterocycles. The fourth-order valence-corrected chi connectivity index (χ4v) is 4.72. The molecule has 0 spiro atoms. The number of sulfone groups is 1. The summed E-state index contributed by atoms with van der Waals surface area (Å²) < 4.78 is 30.4. The molecule has 0 radical (unpaired) electrons. The Bertz CT molecular complexity index is 619. The van der Waals surface area contributed by atoms with E-state index in [1.807, 2.05) is 0 Å². The first-order valence-corrected chi connectivity index (χ1v) is 8.58. The molecule has 1 aromatic carbocycles. The average molecular weight is 308 g/mol. The van der Waals surface area contributed by atoms with Crippen LogP contribution in [0.1, 0.15) is 25.7 Å². The van der Waals surface area contributed by atoms with Crippen LogP contribution >= 0.6 is 0 Å². The van der Waals surface area contributed by atoms with Crippen LogP contribution in [-0.2, 0) is 19.4 Å². The van der Waals surface area contributed by atoms with Crippen LogP contribution in [0.15, 0.2) is 47.4 Å². The van der Waals surface area contributed by atoms with Crippen molar-refractivity contribution < 1.29 is 17.9 Å². The van der Waals surface area contributed by atoms with E-state index < -0.39 is 27.0 Å².